The van der Waals surface area contributed by atoms with Gasteiger partial charge >= 0.3 is 0 Å². The molecular weight excluding hydrogens is 392 g/mol. The summed E-state index contributed by atoms with van der Waals surface area (Å²) in [7, 11) is 0. The number of pyridine rings is 1. The van der Waals surface area contributed by atoms with E-state index in [1.165, 1.54) is 0 Å². The molecule has 4 rings (SSSR count). The first-order valence-electron chi connectivity index (χ1n) is 10.3. The highest BCUT2D eigenvalue weighted by Crippen LogP contribution is 2.19. The van der Waals surface area contributed by atoms with Crippen molar-refractivity contribution in [1.29, 1.82) is 0 Å². The van der Waals surface area contributed by atoms with Crippen LogP contribution < -0.4 is 10.9 Å². The Hall–Kier alpha value is -3.74. The smallest absolute Gasteiger partial charge is 0.259 e. The maximum absolute atomic E-state index is 12.4. The Kier molecular flexibility index (Phi) is 5.93. The number of amides is 1. The van der Waals surface area contributed by atoms with Gasteiger partial charge in [0.2, 0.25) is 17.6 Å². The van der Waals surface area contributed by atoms with Crippen LogP contribution >= 0.6 is 0 Å². The van der Waals surface area contributed by atoms with E-state index < -0.39 is 0 Å². The summed E-state index contributed by atoms with van der Waals surface area (Å²) in [5.74, 6) is 0.626. The molecule has 0 aliphatic heterocycles. The van der Waals surface area contributed by atoms with Crippen molar-refractivity contribution in [2.45, 2.75) is 39.2 Å². The molecule has 0 bridgehead atoms. The number of aromatic nitrogens is 3. The summed E-state index contributed by atoms with van der Waals surface area (Å²) in [6, 6.07) is 17.4. The van der Waals surface area contributed by atoms with Crippen molar-refractivity contribution < 1.29 is 9.32 Å². The minimum Gasteiger partial charge on any atom is -0.350 e. The predicted octanol–water partition coefficient (Wildman–Crippen LogP) is 4.09. The summed E-state index contributed by atoms with van der Waals surface area (Å²) in [5, 5.41) is 7.84. The lowest BCUT2D eigenvalue weighted by atomic mass is 10.1. The Bertz CT molecular complexity index is 1260. The van der Waals surface area contributed by atoms with Crippen LogP contribution in [0.5, 0.6) is 0 Å². The first kappa shape index (κ1) is 20.5. The maximum atomic E-state index is 12.4. The third-order valence-corrected chi connectivity index (χ3v) is 5.18. The zero-order chi connectivity index (χ0) is 21.8. The van der Waals surface area contributed by atoms with Crippen LogP contribution in [-0.2, 0) is 11.2 Å². The van der Waals surface area contributed by atoms with E-state index in [2.05, 4.69) is 20.4 Å². The number of rotatable bonds is 7. The van der Waals surface area contributed by atoms with E-state index in [9.17, 15) is 9.59 Å². The molecule has 4 aromatic rings. The molecule has 2 heterocycles. The molecule has 0 spiro atoms. The molecule has 31 heavy (non-hydrogen) atoms. The molecular formula is C24H24N4O3. The number of fused-ring (bicyclic) bond motifs is 1. The van der Waals surface area contributed by atoms with Crippen molar-refractivity contribution >= 4 is 16.8 Å². The van der Waals surface area contributed by atoms with Gasteiger partial charge < -0.3 is 14.8 Å². The van der Waals surface area contributed by atoms with Gasteiger partial charge in [-0.25, -0.2) is 0 Å². The van der Waals surface area contributed by atoms with Crippen LogP contribution in [-0.4, -0.2) is 21.0 Å². The van der Waals surface area contributed by atoms with Crippen LogP contribution in [0.25, 0.3) is 22.3 Å². The Labute approximate surface area is 179 Å². The Morgan fingerprint density at radius 1 is 1.16 bits per heavy atom. The van der Waals surface area contributed by atoms with Gasteiger partial charge in [0.1, 0.15) is 0 Å². The summed E-state index contributed by atoms with van der Waals surface area (Å²) in [6.45, 7) is 3.93. The average molecular weight is 416 g/mol. The summed E-state index contributed by atoms with van der Waals surface area (Å²) in [5.41, 5.74) is 3.00. The largest absolute Gasteiger partial charge is 0.350 e. The number of nitrogens with one attached hydrogen (secondary N) is 2. The van der Waals surface area contributed by atoms with Crippen LogP contribution in [0.4, 0.5) is 0 Å². The molecule has 2 N–H and O–H groups in total. The molecule has 0 fully saturated rings. The van der Waals surface area contributed by atoms with Gasteiger partial charge in [-0.1, -0.05) is 47.6 Å². The van der Waals surface area contributed by atoms with Gasteiger partial charge in [0.25, 0.3) is 5.56 Å². The molecule has 1 unspecified atom stereocenters. The summed E-state index contributed by atoms with van der Waals surface area (Å²) in [4.78, 5) is 31.9. The fraction of sp³-hybridized carbons (Fsp3) is 0.250. The molecule has 1 atom stereocenters. The number of benzene rings is 2. The van der Waals surface area contributed by atoms with Gasteiger partial charge in [0.05, 0.1) is 11.6 Å². The topological polar surface area (TPSA) is 101 Å². The second kappa shape index (κ2) is 8.95. The second-order valence-electron chi connectivity index (χ2n) is 7.67. The third kappa shape index (κ3) is 4.88. The zero-order valence-corrected chi connectivity index (χ0v) is 17.5. The van der Waals surface area contributed by atoms with Crippen molar-refractivity contribution in [2.75, 3.05) is 0 Å². The lowest BCUT2D eigenvalue weighted by Gasteiger charge is -2.13. The molecule has 0 saturated heterocycles. The fourth-order valence-corrected chi connectivity index (χ4v) is 3.49. The lowest BCUT2D eigenvalue weighted by Crippen LogP contribution is -2.26. The van der Waals surface area contributed by atoms with E-state index in [1.54, 1.807) is 6.07 Å². The fourth-order valence-electron chi connectivity index (χ4n) is 3.49. The van der Waals surface area contributed by atoms with Crippen molar-refractivity contribution in [3.8, 4) is 11.4 Å². The highest BCUT2D eigenvalue weighted by atomic mass is 16.5. The van der Waals surface area contributed by atoms with Crippen molar-refractivity contribution in [2.24, 2.45) is 0 Å². The predicted molar refractivity (Wildman–Crippen MR) is 119 cm³/mol. The average Bonchev–Trinajstić information content (AvgIpc) is 3.22. The molecule has 0 radical (unpaired) electrons. The molecule has 0 aliphatic rings. The summed E-state index contributed by atoms with van der Waals surface area (Å²) >= 11 is 0. The molecule has 0 aliphatic carbocycles. The monoisotopic (exact) mass is 416 g/mol. The Morgan fingerprint density at radius 2 is 1.97 bits per heavy atom. The van der Waals surface area contributed by atoms with E-state index in [1.807, 2.05) is 62.4 Å². The third-order valence-electron chi connectivity index (χ3n) is 5.18. The number of aromatic amines is 1. The van der Waals surface area contributed by atoms with Gasteiger partial charge in [-0.05, 0) is 48.9 Å². The molecule has 7 nitrogen and oxygen atoms in total. The quantitative estimate of drug-likeness (QED) is 0.473. The van der Waals surface area contributed by atoms with E-state index in [-0.39, 0.29) is 23.3 Å². The Balaban J connectivity index is 1.36. The van der Waals surface area contributed by atoms with Gasteiger partial charge in [-0.3, -0.25) is 9.59 Å². The van der Waals surface area contributed by atoms with Gasteiger partial charge in [-0.15, -0.1) is 0 Å². The van der Waals surface area contributed by atoms with E-state index in [0.717, 1.165) is 22.0 Å². The van der Waals surface area contributed by atoms with Gasteiger partial charge in [-0.2, -0.15) is 4.98 Å². The highest BCUT2D eigenvalue weighted by molar-refractivity contribution is 5.82. The minimum absolute atomic E-state index is 0.0302. The zero-order valence-electron chi connectivity index (χ0n) is 17.5. The number of carbonyl (C=O) groups excluding carboxylic acids is 1. The molecule has 2 aromatic heterocycles. The van der Waals surface area contributed by atoms with E-state index >= 15 is 0 Å². The lowest BCUT2D eigenvalue weighted by molar-refractivity contribution is -0.121. The Morgan fingerprint density at radius 3 is 2.77 bits per heavy atom. The van der Waals surface area contributed by atoms with Crippen molar-refractivity contribution in [3.63, 3.8) is 0 Å². The standard InChI is InChI=1S/C24H24N4O3/c1-15-11-12-18-14-19(24(30)26-20(18)13-15)23-27-22(31-28-23)10-6-9-21(29)25-16(2)17-7-4-3-5-8-17/h3-5,7-8,11-14,16H,6,9-10H2,1-2H3,(H,25,29)(H,26,30). The van der Waals surface area contributed by atoms with E-state index in [4.69, 9.17) is 4.52 Å². The first-order chi connectivity index (χ1) is 15.0. The second-order valence-corrected chi connectivity index (χ2v) is 7.67. The number of hydrogen-bond donors (Lipinski definition) is 2. The van der Waals surface area contributed by atoms with Crippen LogP contribution in [0.3, 0.4) is 0 Å². The SMILES string of the molecule is Cc1ccc2cc(-c3noc(CCCC(=O)NC(C)c4ccccc4)n3)c(=O)[nH]c2c1. The summed E-state index contributed by atoms with van der Waals surface area (Å²) in [6.07, 6.45) is 1.39. The first-order valence-corrected chi connectivity index (χ1v) is 10.3. The van der Waals surface area contributed by atoms with Crippen LogP contribution in [0.2, 0.25) is 0 Å². The normalized spacial score (nSPS) is 12.1. The molecule has 1 amide bonds. The van der Waals surface area contributed by atoms with Crippen LogP contribution in [0, 0.1) is 6.92 Å². The van der Waals surface area contributed by atoms with Gasteiger partial charge in [0, 0.05) is 18.4 Å². The number of nitrogens with zero attached hydrogens (tertiary/aromatic N) is 2. The van der Waals surface area contributed by atoms with Crippen LogP contribution in [0.15, 0.2) is 63.9 Å². The minimum atomic E-state index is -0.264. The molecule has 2 aromatic carbocycles. The van der Waals surface area contributed by atoms with E-state index in [0.29, 0.717) is 30.7 Å². The number of carbonyl (C=O) groups is 1. The number of aryl methyl sites for hydroxylation is 2. The maximum Gasteiger partial charge on any atom is 0.259 e. The summed E-state index contributed by atoms with van der Waals surface area (Å²) < 4.78 is 5.29. The molecule has 0 saturated carbocycles. The highest BCUT2D eigenvalue weighted by Gasteiger charge is 2.14. The van der Waals surface area contributed by atoms with Crippen molar-refractivity contribution in [1.82, 2.24) is 20.4 Å². The van der Waals surface area contributed by atoms with Crippen molar-refractivity contribution in [3.05, 3.63) is 82.0 Å². The van der Waals surface area contributed by atoms with Crippen LogP contribution in [0.1, 0.15) is 42.8 Å². The number of H-pyrrole nitrogens is 1. The van der Waals surface area contributed by atoms with Gasteiger partial charge in [0.15, 0.2) is 0 Å². The number of hydrogen-bond acceptors (Lipinski definition) is 5. The molecule has 158 valence electrons. The molecule has 7 heteroatoms.